The van der Waals surface area contributed by atoms with Gasteiger partial charge in [-0.05, 0) is 85.8 Å². The van der Waals surface area contributed by atoms with Crippen LogP contribution in [0.4, 0.5) is 4.39 Å². The minimum atomic E-state index is -0.141. The van der Waals surface area contributed by atoms with Crippen molar-refractivity contribution in [3.8, 4) is 0 Å². The molecular weight excluding hydrogens is 343 g/mol. The lowest BCUT2D eigenvalue weighted by molar-refractivity contribution is 0.253. The lowest BCUT2D eigenvalue weighted by Crippen LogP contribution is -2.14. The van der Waals surface area contributed by atoms with Gasteiger partial charge < -0.3 is 0 Å². The summed E-state index contributed by atoms with van der Waals surface area (Å²) in [5.41, 5.74) is 4.06. The molecule has 0 aromatic heterocycles. The summed E-state index contributed by atoms with van der Waals surface area (Å²) in [7, 11) is 0. The zero-order valence-electron chi connectivity index (χ0n) is 17.7. The van der Waals surface area contributed by atoms with Crippen molar-refractivity contribution >= 4 is 5.57 Å². The predicted molar refractivity (Wildman–Crippen MR) is 120 cm³/mol. The van der Waals surface area contributed by atoms with Crippen LogP contribution in [0.2, 0.25) is 0 Å². The smallest absolute Gasteiger partial charge is 0.0922 e. The molecule has 0 aliphatic heterocycles. The molecule has 0 unspecified atom stereocenters. The lowest BCUT2D eigenvalue weighted by Gasteiger charge is -2.26. The van der Waals surface area contributed by atoms with E-state index in [9.17, 15) is 4.39 Å². The van der Waals surface area contributed by atoms with Crippen LogP contribution in [0.15, 0.2) is 54.6 Å². The van der Waals surface area contributed by atoms with Crippen molar-refractivity contribution in [3.63, 3.8) is 0 Å². The first kappa shape index (κ1) is 21.1. The first-order valence-corrected chi connectivity index (χ1v) is 11.4. The summed E-state index contributed by atoms with van der Waals surface area (Å²) < 4.78 is 12.8. The Morgan fingerprint density at radius 1 is 0.964 bits per heavy atom. The molecule has 0 nitrogen and oxygen atoms in total. The SMILES string of the molecule is C\C=C/C(=C\C=C\C1CCC(CF)CC1)c1ccc(C2CCC(C)CC2)cc1. The van der Waals surface area contributed by atoms with Crippen LogP contribution in [0.25, 0.3) is 5.57 Å². The van der Waals surface area contributed by atoms with Gasteiger partial charge in [0.2, 0.25) is 0 Å². The van der Waals surface area contributed by atoms with Crippen molar-refractivity contribution in [1.82, 2.24) is 0 Å². The Bertz CT molecular complexity index is 663. The Balaban J connectivity index is 1.63. The first-order valence-electron chi connectivity index (χ1n) is 11.4. The fourth-order valence-electron chi connectivity index (χ4n) is 4.82. The Labute approximate surface area is 171 Å². The van der Waals surface area contributed by atoms with Crippen LogP contribution < -0.4 is 0 Å². The van der Waals surface area contributed by atoms with Crippen molar-refractivity contribution in [3.05, 3.63) is 65.8 Å². The molecule has 1 aromatic carbocycles. The molecule has 0 spiro atoms. The molecule has 0 amide bonds. The second-order valence-electron chi connectivity index (χ2n) is 9.02. The minimum absolute atomic E-state index is 0.141. The van der Waals surface area contributed by atoms with Crippen LogP contribution in [0, 0.1) is 17.8 Å². The molecule has 0 saturated heterocycles. The topological polar surface area (TPSA) is 0 Å². The number of benzene rings is 1. The first-order chi connectivity index (χ1) is 13.7. The second-order valence-corrected chi connectivity index (χ2v) is 9.02. The van der Waals surface area contributed by atoms with E-state index in [-0.39, 0.29) is 6.67 Å². The molecule has 2 aliphatic carbocycles. The van der Waals surface area contributed by atoms with E-state index < -0.39 is 0 Å². The number of hydrogen-bond donors (Lipinski definition) is 0. The fourth-order valence-corrected chi connectivity index (χ4v) is 4.82. The van der Waals surface area contributed by atoms with E-state index in [1.807, 2.05) is 0 Å². The molecule has 3 rings (SSSR count). The van der Waals surface area contributed by atoms with E-state index in [2.05, 4.69) is 68.5 Å². The zero-order valence-corrected chi connectivity index (χ0v) is 17.7. The molecule has 0 heterocycles. The van der Waals surface area contributed by atoms with Gasteiger partial charge >= 0.3 is 0 Å². The van der Waals surface area contributed by atoms with E-state index in [0.717, 1.165) is 37.5 Å². The van der Waals surface area contributed by atoms with Crippen LogP contribution in [-0.4, -0.2) is 6.67 Å². The number of hydrogen-bond acceptors (Lipinski definition) is 0. The summed E-state index contributed by atoms with van der Waals surface area (Å²) in [6.07, 6.45) is 20.8. The van der Waals surface area contributed by atoms with Crippen LogP contribution in [-0.2, 0) is 0 Å². The minimum Gasteiger partial charge on any atom is -0.251 e. The molecule has 0 atom stereocenters. The average Bonchev–Trinajstić information content (AvgIpc) is 2.74. The molecule has 0 N–H and O–H groups in total. The normalized spacial score (nSPS) is 29.6. The standard InChI is InChI=1S/C27H37F/c1-3-5-24(7-4-6-22-10-12-23(20-28)13-11-22)26-16-18-27(19-17-26)25-14-8-21(2)9-15-25/h3-7,16-19,21-23,25H,8-15,20H2,1-2H3/b5-3-,6-4+,24-7+. The third kappa shape index (κ3) is 5.93. The van der Waals surface area contributed by atoms with E-state index in [1.54, 1.807) is 0 Å². The monoisotopic (exact) mass is 380 g/mol. The summed E-state index contributed by atoms with van der Waals surface area (Å²) in [5, 5.41) is 0. The number of alkyl halides is 1. The maximum absolute atomic E-state index is 12.8. The zero-order chi connectivity index (χ0) is 19.8. The van der Waals surface area contributed by atoms with Crippen molar-refractivity contribution in [1.29, 1.82) is 0 Å². The quantitative estimate of drug-likeness (QED) is 0.436. The van der Waals surface area contributed by atoms with Gasteiger partial charge in [-0.15, -0.1) is 0 Å². The molecular formula is C27H37F. The van der Waals surface area contributed by atoms with Crippen LogP contribution in [0.3, 0.4) is 0 Å². The third-order valence-electron chi connectivity index (χ3n) is 6.85. The molecule has 2 aliphatic rings. The van der Waals surface area contributed by atoms with E-state index in [0.29, 0.717) is 11.8 Å². The van der Waals surface area contributed by atoms with Crippen molar-refractivity contribution in [2.24, 2.45) is 17.8 Å². The largest absolute Gasteiger partial charge is 0.251 e. The molecule has 2 saturated carbocycles. The maximum atomic E-state index is 12.8. The summed E-state index contributed by atoms with van der Waals surface area (Å²) >= 11 is 0. The Morgan fingerprint density at radius 3 is 2.25 bits per heavy atom. The van der Waals surface area contributed by atoms with Gasteiger partial charge in [-0.25, -0.2) is 0 Å². The highest BCUT2D eigenvalue weighted by atomic mass is 19.1. The highest BCUT2D eigenvalue weighted by Gasteiger charge is 2.20. The fraction of sp³-hybridized carbons (Fsp3) is 0.556. The molecule has 1 heteroatoms. The van der Waals surface area contributed by atoms with Gasteiger partial charge in [0.1, 0.15) is 0 Å². The average molecular weight is 381 g/mol. The van der Waals surface area contributed by atoms with Crippen LogP contribution in [0.1, 0.15) is 82.3 Å². The lowest BCUT2D eigenvalue weighted by atomic mass is 9.79. The molecule has 152 valence electrons. The van der Waals surface area contributed by atoms with Gasteiger partial charge in [0.15, 0.2) is 0 Å². The van der Waals surface area contributed by atoms with E-state index >= 15 is 0 Å². The van der Waals surface area contributed by atoms with Gasteiger partial charge in [-0.1, -0.05) is 74.4 Å². The summed E-state index contributed by atoms with van der Waals surface area (Å²) in [6, 6.07) is 9.27. The van der Waals surface area contributed by atoms with Gasteiger partial charge in [-0.2, -0.15) is 0 Å². The van der Waals surface area contributed by atoms with Crippen molar-refractivity contribution < 1.29 is 4.39 Å². The number of rotatable bonds is 6. The summed E-state index contributed by atoms with van der Waals surface area (Å²) in [5.74, 6) is 2.57. The Hall–Kier alpha value is -1.63. The molecule has 0 bridgehead atoms. The molecule has 1 aromatic rings. The summed E-state index contributed by atoms with van der Waals surface area (Å²) in [4.78, 5) is 0. The van der Waals surface area contributed by atoms with Gasteiger partial charge in [0.05, 0.1) is 6.67 Å². The second kappa shape index (κ2) is 10.8. The number of halogens is 1. The van der Waals surface area contributed by atoms with Gasteiger partial charge in [-0.3, -0.25) is 4.39 Å². The van der Waals surface area contributed by atoms with E-state index in [1.165, 1.54) is 42.4 Å². The van der Waals surface area contributed by atoms with Crippen molar-refractivity contribution in [2.45, 2.75) is 71.1 Å². The highest BCUT2D eigenvalue weighted by molar-refractivity contribution is 5.75. The van der Waals surface area contributed by atoms with Crippen molar-refractivity contribution in [2.75, 3.05) is 6.67 Å². The van der Waals surface area contributed by atoms with Crippen LogP contribution in [0.5, 0.6) is 0 Å². The highest BCUT2D eigenvalue weighted by Crippen LogP contribution is 2.36. The van der Waals surface area contributed by atoms with Gasteiger partial charge in [0.25, 0.3) is 0 Å². The molecule has 0 radical (unpaired) electrons. The summed E-state index contributed by atoms with van der Waals surface area (Å²) in [6.45, 7) is 4.32. The number of allylic oxidation sites excluding steroid dienone is 6. The van der Waals surface area contributed by atoms with Crippen LogP contribution >= 0.6 is 0 Å². The van der Waals surface area contributed by atoms with Gasteiger partial charge in [0, 0.05) is 0 Å². The Morgan fingerprint density at radius 2 is 1.64 bits per heavy atom. The maximum Gasteiger partial charge on any atom is 0.0922 e. The molecule has 2 fully saturated rings. The molecule has 28 heavy (non-hydrogen) atoms. The third-order valence-corrected chi connectivity index (χ3v) is 6.85. The predicted octanol–water partition coefficient (Wildman–Crippen LogP) is 8.27. The van der Waals surface area contributed by atoms with E-state index in [4.69, 9.17) is 0 Å². The Kier molecular flexibility index (Phi) is 8.13.